The van der Waals surface area contributed by atoms with Crippen molar-refractivity contribution in [2.75, 3.05) is 41.7 Å². The lowest BCUT2D eigenvalue weighted by Gasteiger charge is -2.49. The molecule has 4 aliphatic heterocycles. The quantitative estimate of drug-likeness (QED) is 0.648. The van der Waals surface area contributed by atoms with E-state index in [2.05, 4.69) is 0 Å². The van der Waals surface area contributed by atoms with Gasteiger partial charge in [-0.25, -0.2) is 0 Å². The zero-order chi connectivity index (χ0) is 23.5. The molecule has 176 valence electrons. The summed E-state index contributed by atoms with van der Waals surface area (Å²) in [6.07, 6.45) is 0.663. The van der Waals surface area contributed by atoms with Gasteiger partial charge in [-0.2, -0.15) is 0 Å². The predicted molar refractivity (Wildman–Crippen MR) is 118 cm³/mol. The van der Waals surface area contributed by atoms with Crippen LogP contribution in [-0.4, -0.2) is 53.6 Å². The molecule has 5 aliphatic rings. The lowest BCUT2D eigenvalue weighted by Crippen LogP contribution is -2.52. The standard InChI is InChI=1S/C25H28O8/c1-28-18-12-14-6-8-16(18)32-10-5-11-33-17-9-7-15(13-19(17)29-2)21-20(14)22(24(26)30-3)23(21)25(27)31-4/h6-9,12-13,20-23H,5,10-11H2,1-4H3/t20-,21+,22+,23-. The van der Waals surface area contributed by atoms with Gasteiger partial charge < -0.3 is 28.4 Å². The fourth-order valence-electron chi connectivity index (χ4n) is 4.88. The minimum Gasteiger partial charge on any atom is -0.493 e. The van der Waals surface area contributed by atoms with Gasteiger partial charge in [0, 0.05) is 18.3 Å². The van der Waals surface area contributed by atoms with Crippen LogP contribution in [0.25, 0.3) is 0 Å². The monoisotopic (exact) mass is 456 g/mol. The molecule has 0 unspecified atom stereocenters. The molecule has 0 aromatic heterocycles. The van der Waals surface area contributed by atoms with E-state index in [0.29, 0.717) is 42.6 Å². The normalized spacial score (nSPS) is 23.5. The van der Waals surface area contributed by atoms with Gasteiger partial charge >= 0.3 is 11.9 Å². The van der Waals surface area contributed by atoms with E-state index in [1.807, 2.05) is 36.4 Å². The van der Waals surface area contributed by atoms with E-state index < -0.39 is 23.8 Å². The van der Waals surface area contributed by atoms with Gasteiger partial charge in [-0.15, -0.1) is 0 Å². The number of carbonyl (C=O) groups excluding carboxylic acids is 2. The molecular weight excluding hydrogens is 428 g/mol. The van der Waals surface area contributed by atoms with E-state index in [0.717, 1.165) is 11.1 Å². The SMILES string of the molecule is COC(=O)[C@@H]1[C@H](C(=O)OC)[C@H]2c3ccc(c(OC)c3)OCCCOc3ccc(cc3OC)[C@@H]12. The number of ether oxygens (including phenoxy) is 6. The molecule has 2 aromatic rings. The Morgan fingerprint density at radius 1 is 0.727 bits per heavy atom. The zero-order valence-corrected chi connectivity index (χ0v) is 19.2. The van der Waals surface area contributed by atoms with Gasteiger partial charge in [-0.3, -0.25) is 9.59 Å². The van der Waals surface area contributed by atoms with E-state index in [4.69, 9.17) is 28.4 Å². The van der Waals surface area contributed by atoms with Crippen LogP contribution in [-0.2, 0) is 19.1 Å². The van der Waals surface area contributed by atoms with E-state index in [-0.39, 0.29) is 11.8 Å². The van der Waals surface area contributed by atoms with Crippen LogP contribution in [0, 0.1) is 11.8 Å². The van der Waals surface area contributed by atoms with Crippen molar-refractivity contribution in [3.05, 3.63) is 47.5 Å². The van der Waals surface area contributed by atoms with Gasteiger partial charge in [0.1, 0.15) is 0 Å². The summed E-state index contributed by atoms with van der Waals surface area (Å²) in [7, 11) is 5.78. The summed E-state index contributed by atoms with van der Waals surface area (Å²) < 4.78 is 33.1. The molecule has 4 atom stereocenters. The highest BCUT2D eigenvalue weighted by atomic mass is 16.5. The van der Waals surface area contributed by atoms with Crippen molar-refractivity contribution in [1.29, 1.82) is 0 Å². The average molecular weight is 456 g/mol. The van der Waals surface area contributed by atoms with Gasteiger partial charge in [0.2, 0.25) is 0 Å². The smallest absolute Gasteiger partial charge is 0.310 e. The maximum absolute atomic E-state index is 12.8. The van der Waals surface area contributed by atoms with Gasteiger partial charge in [0.05, 0.1) is 53.5 Å². The topological polar surface area (TPSA) is 89.5 Å². The lowest BCUT2D eigenvalue weighted by atomic mass is 9.52. The summed E-state index contributed by atoms with van der Waals surface area (Å²) in [6.45, 7) is 0.884. The molecular formula is C25H28O8. The Morgan fingerprint density at radius 2 is 1.15 bits per heavy atom. The first-order chi connectivity index (χ1) is 16.0. The first kappa shape index (κ1) is 22.8. The van der Waals surface area contributed by atoms with Crippen LogP contribution < -0.4 is 18.9 Å². The molecule has 0 saturated heterocycles. The minimum atomic E-state index is -0.707. The summed E-state index contributed by atoms with van der Waals surface area (Å²) in [5.74, 6) is -0.711. The number of esters is 2. The molecule has 0 spiro atoms. The highest BCUT2D eigenvalue weighted by molar-refractivity contribution is 5.87. The Kier molecular flexibility index (Phi) is 6.62. The van der Waals surface area contributed by atoms with Gasteiger partial charge in [-0.1, -0.05) is 12.1 Å². The molecule has 2 aromatic carbocycles. The molecule has 8 nitrogen and oxygen atoms in total. The zero-order valence-electron chi connectivity index (χ0n) is 19.2. The summed E-state index contributed by atoms with van der Waals surface area (Å²) in [5, 5.41) is 0. The van der Waals surface area contributed by atoms with E-state index >= 15 is 0 Å². The minimum absolute atomic E-state index is 0.342. The Morgan fingerprint density at radius 3 is 1.52 bits per heavy atom. The van der Waals surface area contributed by atoms with Crippen molar-refractivity contribution in [1.82, 2.24) is 0 Å². The third-order valence-corrected chi connectivity index (χ3v) is 6.44. The van der Waals surface area contributed by atoms with Crippen LogP contribution in [0.2, 0.25) is 0 Å². The predicted octanol–water partition coefficient (Wildman–Crippen LogP) is 3.32. The summed E-state index contributed by atoms with van der Waals surface area (Å²) in [6, 6.07) is 11.2. The molecule has 33 heavy (non-hydrogen) atoms. The number of hydrogen-bond acceptors (Lipinski definition) is 8. The number of hydrogen-bond donors (Lipinski definition) is 0. The summed E-state index contributed by atoms with van der Waals surface area (Å²) >= 11 is 0. The third-order valence-electron chi connectivity index (χ3n) is 6.44. The van der Waals surface area contributed by atoms with Crippen LogP contribution >= 0.6 is 0 Å². The van der Waals surface area contributed by atoms with E-state index in [1.165, 1.54) is 14.2 Å². The van der Waals surface area contributed by atoms with Crippen LogP contribution in [0.1, 0.15) is 29.4 Å². The first-order valence-corrected chi connectivity index (χ1v) is 10.8. The van der Waals surface area contributed by atoms with Gasteiger partial charge in [0.15, 0.2) is 23.0 Å². The Balaban J connectivity index is 1.89. The Hall–Kier alpha value is -3.42. The summed E-state index contributed by atoms with van der Waals surface area (Å²) in [4.78, 5) is 25.6. The second-order valence-electron chi connectivity index (χ2n) is 8.02. The van der Waals surface area contributed by atoms with Crippen molar-refractivity contribution in [3.8, 4) is 23.0 Å². The second-order valence-corrected chi connectivity index (χ2v) is 8.02. The van der Waals surface area contributed by atoms with Gasteiger partial charge in [-0.05, 0) is 35.4 Å². The molecule has 0 N–H and O–H groups in total. The Bertz CT molecular complexity index is 952. The highest BCUT2D eigenvalue weighted by Gasteiger charge is 2.59. The van der Waals surface area contributed by atoms with Gasteiger partial charge in [0.25, 0.3) is 0 Å². The van der Waals surface area contributed by atoms with Crippen LogP contribution in [0.3, 0.4) is 0 Å². The number of benzene rings is 2. The third kappa shape index (κ3) is 4.05. The molecule has 4 heterocycles. The molecule has 1 fully saturated rings. The number of carbonyl (C=O) groups is 2. The largest absolute Gasteiger partial charge is 0.493 e. The first-order valence-electron chi connectivity index (χ1n) is 10.8. The van der Waals surface area contributed by atoms with Crippen LogP contribution in [0.15, 0.2) is 36.4 Å². The fraction of sp³-hybridized carbons (Fsp3) is 0.440. The van der Waals surface area contributed by atoms with Crippen molar-refractivity contribution in [2.45, 2.75) is 18.3 Å². The molecule has 0 amide bonds. The fourth-order valence-corrected chi connectivity index (χ4v) is 4.88. The van der Waals surface area contributed by atoms with Crippen LogP contribution in [0.4, 0.5) is 0 Å². The van der Waals surface area contributed by atoms with Crippen molar-refractivity contribution >= 4 is 11.9 Å². The number of rotatable bonds is 4. The van der Waals surface area contributed by atoms with Crippen LogP contribution in [0.5, 0.6) is 23.0 Å². The number of methoxy groups -OCH3 is 4. The van der Waals surface area contributed by atoms with Crippen molar-refractivity contribution < 1.29 is 38.0 Å². The maximum atomic E-state index is 12.8. The van der Waals surface area contributed by atoms with E-state index in [1.54, 1.807) is 14.2 Å². The highest BCUT2D eigenvalue weighted by Crippen LogP contribution is 2.59. The average Bonchev–Trinajstić information content (AvgIpc) is 2.84. The maximum Gasteiger partial charge on any atom is 0.310 e. The van der Waals surface area contributed by atoms with Crippen molar-refractivity contribution in [3.63, 3.8) is 0 Å². The Labute approximate surface area is 192 Å². The summed E-state index contributed by atoms with van der Waals surface area (Å²) in [5.41, 5.74) is 1.68. The van der Waals surface area contributed by atoms with Crippen molar-refractivity contribution in [2.24, 2.45) is 11.8 Å². The molecule has 1 aliphatic carbocycles. The molecule has 8 heteroatoms. The lowest BCUT2D eigenvalue weighted by molar-refractivity contribution is -0.168. The molecule has 1 saturated carbocycles. The second kappa shape index (κ2) is 9.60. The van der Waals surface area contributed by atoms with E-state index in [9.17, 15) is 9.59 Å². The molecule has 7 rings (SSSR count). The molecule has 4 bridgehead atoms. The molecule has 0 radical (unpaired) electrons.